The van der Waals surface area contributed by atoms with Crippen LogP contribution in [0.25, 0.3) is 0 Å². The molecular formula is C19H23NO5. The van der Waals surface area contributed by atoms with Crippen molar-refractivity contribution in [3.8, 4) is 5.75 Å². The second-order valence-electron chi connectivity index (χ2n) is 6.88. The summed E-state index contributed by atoms with van der Waals surface area (Å²) in [5.74, 6) is -0.601. The van der Waals surface area contributed by atoms with Gasteiger partial charge in [-0.1, -0.05) is 25.0 Å². The number of carbonyl (C=O) groups excluding carboxylic acids is 2. The number of hydrogen-bond donors (Lipinski definition) is 1. The van der Waals surface area contributed by atoms with E-state index in [1.165, 1.54) is 11.8 Å². The second-order valence-corrected chi connectivity index (χ2v) is 6.88. The second kappa shape index (κ2) is 7.25. The van der Waals surface area contributed by atoms with Crippen molar-refractivity contribution in [2.24, 2.45) is 5.92 Å². The molecule has 1 aliphatic carbocycles. The number of carbonyl (C=O) groups is 3. The van der Waals surface area contributed by atoms with Gasteiger partial charge in [-0.25, -0.2) is 4.79 Å². The lowest BCUT2D eigenvalue weighted by Crippen LogP contribution is -2.48. The molecule has 6 heteroatoms. The van der Waals surface area contributed by atoms with E-state index in [4.69, 9.17) is 4.74 Å². The topological polar surface area (TPSA) is 83.9 Å². The van der Waals surface area contributed by atoms with E-state index in [2.05, 4.69) is 0 Å². The van der Waals surface area contributed by atoms with E-state index < -0.39 is 12.0 Å². The molecule has 1 N–H and O–H groups in total. The predicted molar refractivity (Wildman–Crippen MR) is 90.6 cm³/mol. The molecule has 0 bridgehead atoms. The largest absolute Gasteiger partial charge is 0.484 e. The van der Waals surface area contributed by atoms with E-state index in [0.717, 1.165) is 25.7 Å². The van der Waals surface area contributed by atoms with Gasteiger partial charge in [0.1, 0.15) is 11.8 Å². The van der Waals surface area contributed by atoms with Crippen LogP contribution in [0.2, 0.25) is 0 Å². The minimum Gasteiger partial charge on any atom is -0.484 e. The number of amides is 1. The SMILES string of the molecule is CC(=O)c1cccc(OCC(=O)N2[C@@H]3CCCC[C@H]3C[C@H]2C(=O)O)c1. The number of benzene rings is 1. The van der Waals surface area contributed by atoms with Crippen molar-refractivity contribution in [1.82, 2.24) is 4.90 Å². The van der Waals surface area contributed by atoms with Gasteiger partial charge in [0.25, 0.3) is 5.91 Å². The highest BCUT2D eigenvalue weighted by Gasteiger charge is 2.47. The number of hydrogen-bond acceptors (Lipinski definition) is 4. The van der Waals surface area contributed by atoms with Gasteiger partial charge in [0.2, 0.25) is 0 Å². The van der Waals surface area contributed by atoms with Gasteiger partial charge < -0.3 is 14.7 Å². The average molecular weight is 345 g/mol. The zero-order valence-electron chi connectivity index (χ0n) is 14.3. The number of nitrogens with zero attached hydrogens (tertiary/aromatic N) is 1. The Morgan fingerprint density at radius 1 is 1.24 bits per heavy atom. The Morgan fingerprint density at radius 3 is 2.72 bits per heavy atom. The number of ketones is 1. The van der Waals surface area contributed by atoms with Crippen molar-refractivity contribution in [3.05, 3.63) is 29.8 Å². The molecule has 1 saturated carbocycles. The molecule has 0 aromatic heterocycles. The van der Waals surface area contributed by atoms with Crippen LogP contribution in [0.5, 0.6) is 5.75 Å². The molecule has 1 aromatic carbocycles. The maximum Gasteiger partial charge on any atom is 0.326 e. The summed E-state index contributed by atoms with van der Waals surface area (Å²) in [5.41, 5.74) is 0.516. The fraction of sp³-hybridized carbons (Fsp3) is 0.526. The van der Waals surface area contributed by atoms with Crippen molar-refractivity contribution in [2.45, 2.75) is 51.1 Å². The minimum atomic E-state index is -0.943. The Kier molecular flexibility index (Phi) is 5.06. The minimum absolute atomic E-state index is 0.00880. The van der Waals surface area contributed by atoms with Crippen molar-refractivity contribution >= 4 is 17.7 Å². The lowest BCUT2D eigenvalue weighted by Gasteiger charge is -2.32. The lowest BCUT2D eigenvalue weighted by molar-refractivity contribution is -0.150. The zero-order chi connectivity index (χ0) is 18.0. The number of rotatable bonds is 5. The van der Waals surface area contributed by atoms with Gasteiger partial charge in [-0.15, -0.1) is 0 Å². The third-order valence-corrected chi connectivity index (χ3v) is 5.26. The Labute approximate surface area is 146 Å². The van der Waals surface area contributed by atoms with Gasteiger partial charge in [-0.3, -0.25) is 9.59 Å². The summed E-state index contributed by atoms with van der Waals surface area (Å²) < 4.78 is 5.54. The smallest absolute Gasteiger partial charge is 0.326 e. The Hall–Kier alpha value is -2.37. The van der Waals surface area contributed by atoms with E-state index in [-0.39, 0.29) is 30.3 Å². The third-order valence-electron chi connectivity index (χ3n) is 5.26. The standard InChI is InChI=1S/C19H23NO5/c1-12(21)13-6-4-7-15(9-13)25-11-18(22)20-16-8-3-2-5-14(16)10-17(20)19(23)24/h4,6-7,9,14,16-17H,2-3,5,8,10-11H2,1H3,(H,23,24)/t14-,16+,17-/m0/s1. The summed E-state index contributed by atoms with van der Waals surface area (Å²) in [5, 5.41) is 9.49. The van der Waals surface area contributed by atoms with Crippen LogP contribution in [0.4, 0.5) is 0 Å². The van der Waals surface area contributed by atoms with Gasteiger partial charge in [0, 0.05) is 11.6 Å². The summed E-state index contributed by atoms with van der Waals surface area (Å²) >= 11 is 0. The van der Waals surface area contributed by atoms with Gasteiger partial charge >= 0.3 is 5.97 Å². The van der Waals surface area contributed by atoms with Gasteiger partial charge in [-0.2, -0.15) is 0 Å². The molecular weight excluding hydrogens is 322 g/mol. The molecule has 1 saturated heterocycles. The van der Waals surface area contributed by atoms with Gasteiger partial charge in [0.15, 0.2) is 12.4 Å². The highest BCUT2D eigenvalue weighted by molar-refractivity contribution is 5.94. The lowest BCUT2D eigenvalue weighted by atomic mass is 9.85. The van der Waals surface area contributed by atoms with E-state index in [9.17, 15) is 19.5 Å². The van der Waals surface area contributed by atoms with Crippen molar-refractivity contribution in [2.75, 3.05) is 6.61 Å². The molecule has 0 spiro atoms. The quantitative estimate of drug-likeness (QED) is 0.829. The van der Waals surface area contributed by atoms with Crippen LogP contribution >= 0.6 is 0 Å². The van der Waals surface area contributed by atoms with Crippen molar-refractivity contribution in [3.63, 3.8) is 0 Å². The zero-order valence-corrected chi connectivity index (χ0v) is 14.3. The molecule has 3 rings (SSSR count). The number of likely N-dealkylation sites (tertiary alicyclic amines) is 1. The molecule has 0 unspecified atom stereocenters. The van der Waals surface area contributed by atoms with Gasteiger partial charge in [-0.05, 0) is 44.2 Å². The molecule has 2 fully saturated rings. The number of aliphatic carboxylic acids is 1. The normalized spacial score (nSPS) is 25.3. The van der Waals surface area contributed by atoms with Crippen molar-refractivity contribution in [1.29, 1.82) is 0 Å². The van der Waals surface area contributed by atoms with Crippen LogP contribution in [0.3, 0.4) is 0 Å². The van der Waals surface area contributed by atoms with Crippen LogP contribution in [0, 0.1) is 5.92 Å². The third kappa shape index (κ3) is 3.67. The number of ether oxygens (including phenoxy) is 1. The van der Waals surface area contributed by atoms with Crippen LogP contribution in [-0.2, 0) is 9.59 Å². The Morgan fingerprint density at radius 2 is 2.00 bits per heavy atom. The van der Waals surface area contributed by atoms with E-state index in [1.54, 1.807) is 24.3 Å². The first-order valence-corrected chi connectivity index (χ1v) is 8.75. The van der Waals surface area contributed by atoms with Crippen LogP contribution < -0.4 is 4.74 Å². The summed E-state index contributed by atoms with van der Waals surface area (Å²) in [7, 11) is 0. The summed E-state index contributed by atoms with van der Waals surface area (Å²) in [4.78, 5) is 37.2. The molecule has 1 aliphatic heterocycles. The van der Waals surface area contributed by atoms with Crippen LogP contribution in [0.1, 0.15) is 49.4 Å². The molecule has 3 atom stereocenters. The maximum absolute atomic E-state index is 12.7. The summed E-state index contributed by atoms with van der Waals surface area (Å²) in [6.45, 7) is 1.25. The Bertz CT molecular complexity index is 686. The highest BCUT2D eigenvalue weighted by atomic mass is 16.5. The molecule has 134 valence electrons. The highest BCUT2D eigenvalue weighted by Crippen LogP contribution is 2.39. The van der Waals surface area contributed by atoms with Crippen molar-refractivity contribution < 1.29 is 24.2 Å². The number of carboxylic acids is 1. The molecule has 1 aromatic rings. The summed E-state index contributed by atoms with van der Waals surface area (Å²) in [6, 6.07) is 5.91. The number of fused-ring (bicyclic) bond motifs is 1. The first-order valence-electron chi connectivity index (χ1n) is 8.75. The average Bonchev–Trinajstić information content (AvgIpc) is 3.00. The fourth-order valence-electron chi connectivity index (χ4n) is 4.06. The molecule has 1 amide bonds. The Balaban J connectivity index is 1.69. The van der Waals surface area contributed by atoms with Crippen LogP contribution in [-0.4, -0.2) is 46.4 Å². The van der Waals surface area contributed by atoms with Gasteiger partial charge in [0.05, 0.1) is 0 Å². The first-order chi connectivity index (χ1) is 12.0. The van der Waals surface area contributed by atoms with E-state index in [1.807, 2.05) is 0 Å². The number of carboxylic acid groups (broad SMARTS) is 1. The summed E-state index contributed by atoms with van der Waals surface area (Å²) in [6.07, 6.45) is 4.51. The van der Waals surface area contributed by atoms with E-state index in [0.29, 0.717) is 17.7 Å². The first kappa shape index (κ1) is 17.5. The van der Waals surface area contributed by atoms with E-state index >= 15 is 0 Å². The molecule has 0 radical (unpaired) electrons. The molecule has 25 heavy (non-hydrogen) atoms. The predicted octanol–water partition coefficient (Wildman–Crippen LogP) is 2.51. The van der Waals surface area contributed by atoms with Crippen LogP contribution in [0.15, 0.2) is 24.3 Å². The molecule has 2 aliphatic rings. The fourth-order valence-corrected chi connectivity index (χ4v) is 4.06. The maximum atomic E-state index is 12.7. The monoisotopic (exact) mass is 345 g/mol. The molecule has 6 nitrogen and oxygen atoms in total. The molecule has 1 heterocycles. The number of Topliss-reactive ketones (excluding diaryl/α,β-unsaturated/α-hetero) is 1.